The Kier molecular flexibility index (Phi) is 5.48. The second-order valence-electron chi connectivity index (χ2n) is 5.03. The Morgan fingerprint density at radius 1 is 1.44 bits per heavy atom. The lowest BCUT2D eigenvalue weighted by Gasteiger charge is -2.29. The molecule has 0 bridgehead atoms. The molecule has 1 fully saturated rings. The van der Waals surface area contributed by atoms with Crippen molar-refractivity contribution in [2.45, 2.75) is 38.7 Å². The van der Waals surface area contributed by atoms with Crippen LogP contribution in [0.1, 0.15) is 35.3 Å². The normalized spacial score (nSPS) is 18.4. The molecule has 0 N–H and O–H groups in total. The summed E-state index contributed by atoms with van der Waals surface area (Å²) in [5.41, 5.74) is 1.07. The highest BCUT2D eigenvalue weighted by molar-refractivity contribution is 7.79. The van der Waals surface area contributed by atoms with Gasteiger partial charge >= 0.3 is 0 Å². The van der Waals surface area contributed by atoms with E-state index < -0.39 is 0 Å². The van der Waals surface area contributed by atoms with Gasteiger partial charge in [0.25, 0.3) is 0 Å². The van der Waals surface area contributed by atoms with E-state index in [0.29, 0.717) is 6.61 Å². The fraction of sp³-hybridized carbons (Fsp3) is 0.769. The number of thiol groups is 1. The van der Waals surface area contributed by atoms with Crippen LogP contribution in [-0.2, 0) is 23.6 Å². The third-order valence-electron chi connectivity index (χ3n) is 3.48. The summed E-state index contributed by atoms with van der Waals surface area (Å²) in [4.78, 5) is 8.45. The molecule has 0 amide bonds. The predicted octanol–water partition coefficient (Wildman–Crippen LogP) is 2.95. The van der Waals surface area contributed by atoms with Crippen molar-refractivity contribution in [3.05, 3.63) is 15.6 Å². The number of methoxy groups -OCH3 is 1. The first-order chi connectivity index (χ1) is 8.72. The lowest BCUT2D eigenvalue weighted by Crippen LogP contribution is -2.32. The molecule has 1 aromatic rings. The molecule has 1 aromatic heterocycles. The average Bonchev–Trinajstić information content (AvgIpc) is 2.75. The second kappa shape index (κ2) is 6.89. The van der Waals surface area contributed by atoms with Gasteiger partial charge in [-0.2, -0.15) is 12.6 Å². The largest absolute Gasteiger partial charge is 0.378 e. The number of aromatic nitrogens is 1. The maximum atomic E-state index is 5.18. The first-order valence-electron chi connectivity index (χ1n) is 6.52. The third-order valence-corrected chi connectivity index (χ3v) is 5.09. The molecule has 0 radical (unpaired) electrons. The molecule has 0 aliphatic carbocycles. The number of ether oxygens (including phenoxy) is 1. The van der Waals surface area contributed by atoms with Gasteiger partial charge in [-0.3, -0.25) is 4.90 Å². The van der Waals surface area contributed by atoms with E-state index in [1.807, 2.05) is 0 Å². The maximum absolute atomic E-state index is 5.18. The van der Waals surface area contributed by atoms with Gasteiger partial charge in [-0.25, -0.2) is 4.98 Å². The van der Waals surface area contributed by atoms with Crippen LogP contribution < -0.4 is 0 Å². The van der Waals surface area contributed by atoms with Gasteiger partial charge in [0.05, 0.1) is 18.8 Å². The van der Waals surface area contributed by atoms with Crippen molar-refractivity contribution in [3.8, 4) is 0 Å². The van der Waals surface area contributed by atoms with Crippen LogP contribution in [0.4, 0.5) is 0 Å². The zero-order chi connectivity index (χ0) is 13.0. The number of hydrogen-bond acceptors (Lipinski definition) is 5. The fourth-order valence-corrected chi connectivity index (χ4v) is 3.64. The minimum absolute atomic E-state index is 0.601. The Bertz CT molecular complexity index is 373. The minimum Gasteiger partial charge on any atom is -0.378 e. The van der Waals surface area contributed by atoms with Crippen molar-refractivity contribution in [3.63, 3.8) is 0 Å². The first kappa shape index (κ1) is 14.3. The van der Waals surface area contributed by atoms with E-state index in [4.69, 9.17) is 4.74 Å². The molecule has 102 valence electrons. The van der Waals surface area contributed by atoms with Crippen LogP contribution >= 0.6 is 24.0 Å². The number of nitrogens with zero attached hydrogens (tertiary/aromatic N) is 2. The van der Waals surface area contributed by atoms with Gasteiger partial charge in [0, 0.05) is 17.7 Å². The highest BCUT2D eigenvalue weighted by Crippen LogP contribution is 2.24. The van der Waals surface area contributed by atoms with Crippen LogP contribution in [-0.4, -0.2) is 30.1 Å². The molecule has 1 aliphatic heterocycles. The SMILES string of the molecule is COCc1nc(CN2CCC(C)CC2)sc1CS. The van der Waals surface area contributed by atoms with Crippen molar-refractivity contribution in [1.82, 2.24) is 9.88 Å². The number of rotatable bonds is 5. The van der Waals surface area contributed by atoms with Gasteiger partial charge < -0.3 is 4.74 Å². The molecule has 0 atom stereocenters. The quantitative estimate of drug-likeness (QED) is 0.843. The highest BCUT2D eigenvalue weighted by Gasteiger charge is 2.18. The van der Waals surface area contributed by atoms with Gasteiger partial charge in [-0.1, -0.05) is 6.92 Å². The van der Waals surface area contributed by atoms with Crippen LogP contribution in [0.15, 0.2) is 0 Å². The minimum atomic E-state index is 0.601. The van der Waals surface area contributed by atoms with Gasteiger partial charge in [0.2, 0.25) is 0 Å². The monoisotopic (exact) mass is 286 g/mol. The fourth-order valence-electron chi connectivity index (χ4n) is 2.29. The van der Waals surface area contributed by atoms with E-state index in [9.17, 15) is 0 Å². The molecule has 0 spiro atoms. The molecule has 0 saturated carbocycles. The maximum Gasteiger partial charge on any atom is 0.107 e. The molecular weight excluding hydrogens is 264 g/mol. The number of hydrogen-bond donors (Lipinski definition) is 1. The number of thiazole rings is 1. The lowest BCUT2D eigenvalue weighted by molar-refractivity contribution is 0.178. The summed E-state index contributed by atoms with van der Waals surface area (Å²) in [5, 5.41) is 1.21. The summed E-state index contributed by atoms with van der Waals surface area (Å²) in [6.45, 7) is 6.34. The topological polar surface area (TPSA) is 25.4 Å². The van der Waals surface area contributed by atoms with Crippen LogP contribution in [0, 0.1) is 5.92 Å². The van der Waals surface area contributed by atoms with E-state index >= 15 is 0 Å². The van der Waals surface area contributed by atoms with Crippen molar-refractivity contribution in [2.75, 3.05) is 20.2 Å². The van der Waals surface area contributed by atoms with Crippen LogP contribution in [0.2, 0.25) is 0 Å². The predicted molar refractivity (Wildman–Crippen MR) is 79.2 cm³/mol. The Morgan fingerprint density at radius 2 is 2.17 bits per heavy atom. The molecule has 1 aliphatic rings. The molecule has 0 unspecified atom stereocenters. The standard InChI is InChI=1S/C13H22N2OS2/c1-10-3-5-15(6-4-10)7-13-14-11(8-16-2)12(9-17)18-13/h10,17H,3-9H2,1-2H3. The summed E-state index contributed by atoms with van der Waals surface area (Å²) < 4.78 is 5.18. The lowest BCUT2D eigenvalue weighted by atomic mass is 9.99. The molecule has 2 heterocycles. The summed E-state index contributed by atoms with van der Waals surface area (Å²) in [5.74, 6) is 1.64. The van der Waals surface area contributed by atoms with Crippen molar-refractivity contribution in [1.29, 1.82) is 0 Å². The Morgan fingerprint density at radius 3 is 2.78 bits per heavy atom. The van der Waals surface area contributed by atoms with E-state index in [1.165, 1.54) is 35.8 Å². The molecule has 2 rings (SSSR count). The van der Waals surface area contributed by atoms with Gasteiger partial charge in [0.1, 0.15) is 5.01 Å². The van der Waals surface area contributed by atoms with E-state index in [2.05, 4.69) is 29.4 Å². The molecule has 5 heteroatoms. The van der Waals surface area contributed by atoms with E-state index in [0.717, 1.165) is 23.9 Å². The van der Waals surface area contributed by atoms with Crippen LogP contribution in [0.25, 0.3) is 0 Å². The summed E-state index contributed by atoms with van der Waals surface area (Å²) >= 11 is 6.15. The van der Waals surface area contributed by atoms with Crippen LogP contribution in [0.5, 0.6) is 0 Å². The number of likely N-dealkylation sites (tertiary alicyclic amines) is 1. The molecule has 3 nitrogen and oxygen atoms in total. The molecule has 18 heavy (non-hydrogen) atoms. The zero-order valence-electron chi connectivity index (χ0n) is 11.2. The Labute approximate surface area is 119 Å². The van der Waals surface area contributed by atoms with Gasteiger partial charge in [-0.15, -0.1) is 11.3 Å². The number of piperidine rings is 1. The molecular formula is C13H22N2OS2. The average molecular weight is 286 g/mol. The van der Waals surface area contributed by atoms with Gasteiger partial charge in [0.15, 0.2) is 0 Å². The van der Waals surface area contributed by atoms with Gasteiger partial charge in [-0.05, 0) is 31.8 Å². The van der Waals surface area contributed by atoms with E-state index in [1.54, 1.807) is 18.4 Å². The van der Waals surface area contributed by atoms with Crippen molar-refractivity contribution in [2.24, 2.45) is 5.92 Å². The summed E-state index contributed by atoms with van der Waals surface area (Å²) in [7, 11) is 1.72. The summed E-state index contributed by atoms with van der Waals surface area (Å²) in [6, 6.07) is 0. The molecule has 1 saturated heterocycles. The first-order valence-corrected chi connectivity index (χ1v) is 7.97. The third kappa shape index (κ3) is 3.70. The van der Waals surface area contributed by atoms with Crippen molar-refractivity contribution >= 4 is 24.0 Å². The highest BCUT2D eigenvalue weighted by atomic mass is 32.1. The Balaban J connectivity index is 1.96. The summed E-state index contributed by atoms with van der Waals surface area (Å²) in [6.07, 6.45) is 2.63. The zero-order valence-corrected chi connectivity index (χ0v) is 12.9. The molecule has 0 aromatic carbocycles. The Hall–Kier alpha value is -0.100. The second-order valence-corrected chi connectivity index (χ2v) is 6.51. The van der Waals surface area contributed by atoms with Crippen LogP contribution in [0.3, 0.4) is 0 Å². The smallest absolute Gasteiger partial charge is 0.107 e. The van der Waals surface area contributed by atoms with E-state index in [-0.39, 0.29) is 0 Å². The van der Waals surface area contributed by atoms with Crippen molar-refractivity contribution < 1.29 is 4.74 Å².